The second-order valence-electron chi connectivity index (χ2n) is 9.70. The zero-order valence-electron chi connectivity index (χ0n) is 20.5. The summed E-state index contributed by atoms with van der Waals surface area (Å²) in [6.45, 7) is 3.87. The second-order valence-corrected chi connectivity index (χ2v) is 11.8. The van der Waals surface area contributed by atoms with E-state index in [1.807, 2.05) is 6.92 Å². The van der Waals surface area contributed by atoms with Crippen LogP contribution in [0.3, 0.4) is 0 Å². The Balaban J connectivity index is 1.92. The Kier molecular flexibility index (Phi) is 8.59. The number of fused-ring (bicyclic) bond motifs is 1. The number of nitrogens with zero attached hydrogens (tertiary/aromatic N) is 2. The minimum atomic E-state index is -3.42. The van der Waals surface area contributed by atoms with Gasteiger partial charge >= 0.3 is 0 Å². The van der Waals surface area contributed by atoms with Gasteiger partial charge in [0.05, 0.1) is 31.0 Å². The molecule has 1 aromatic carbocycles. The van der Waals surface area contributed by atoms with Crippen LogP contribution in [0, 0.1) is 11.8 Å². The fourth-order valence-electron chi connectivity index (χ4n) is 4.52. The summed E-state index contributed by atoms with van der Waals surface area (Å²) in [5.41, 5.74) is 0.793. The van der Waals surface area contributed by atoms with E-state index in [-0.39, 0.29) is 42.4 Å². The Hall–Kier alpha value is -2.17. The molecule has 2 amide bonds. The number of likely N-dealkylation sites (N-methyl/N-ethyl adjacent to an activating group) is 1. The monoisotopic (exact) mass is 495 g/mol. The fourth-order valence-corrected chi connectivity index (χ4v) is 4.93. The molecule has 9 nitrogen and oxygen atoms in total. The SMILES string of the molecule is C[C@H](CO)N1C[C@H](C)[C@@H](CN(C)S(C)(=O)=O)Oc2ccc(NC(=O)C3CCCCC3)cc2C1=O. The molecule has 2 N–H and O–H groups in total. The van der Waals surface area contributed by atoms with Crippen molar-refractivity contribution in [3.8, 4) is 5.75 Å². The first kappa shape index (κ1) is 26.4. The number of aliphatic hydroxyl groups is 1. The molecule has 0 radical (unpaired) electrons. The number of aliphatic hydroxyl groups excluding tert-OH is 1. The molecule has 0 bridgehead atoms. The molecule has 190 valence electrons. The lowest BCUT2D eigenvalue weighted by atomic mass is 9.88. The highest BCUT2D eigenvalue weighted by atomic mass is 32.2. The minimum absolute atomic E-state index is 0.0228. The smallest absolute Gasteiger partial charge is 0.258 e. The van der Waals surface area contributed by atoms with Crippen molar-refractivity contribution in [1.82, 2.24) is 9.21 Å². The average Bonchev–Trinajstić information content (AvgIpc) is 2.81. The topological polar surface area (TPSA) is 116 Å². The third kappa shape index (κ3) is 6.28. The molecule has 34 heavy (non-hydrogen) atoms. The summed E-state index contributed by atoms with van der Waals surface area (Å²) in [6.07, 6.45) is 5.61. The Bertz CT molecular complexity index is 992. The molecule has 1 saturated carbocycles. The average molecular weight is 496 g/mol. The maximum atomic E-state index is 13.5. The van der Waals surface area contributed by atoms with Crippen LogP contribution in [0.1, 0.15) is 56.3 Å². The Morgan fingerprint density at radius 1 is 1.29 bits per heavy atom. The quantitative estimate of drug-likeness (QED) is 0.600. The van der Waals surface area contributed by atoms with Gasteiger partial charge in [0.15, 0.2) is 0 Å². The van der Waals surface area contributed by atoms with Gasteiger partial charge in [-0.15, -0.1) is 0 Å². The Labute approximate surface area is 202 Å². The van der Waals surface area contributed by atoms with E-state index in [4.69, 9.17) is 4.74 Å². The van der Waals surface area contributed by atoms with Gasteiger partial charge in [-0.25, -0.2) is 12.7 Å². The van der Waals surface area contributed by atoms with E-state index in [2.05, 4.69) is 5.32 Å². The van der Waals surface area contributed by atoms with E-state index < -0.39 is 22.2 Å². The fraction of sp³-hybridized carbons (Fsp3) is 0.667. The molecule has 0 unspecified atom stereocenters. The highest BCUT2D eigenvalue weighted by Gasteiger charge is 2.34. The Morgan fingerprint density at radius 3 is 2.59 bits per heavy atom. The molecular weight excluding hydrogens is 458 g/mol. The van der Waals surface area contributed by atoms with Crippen molar-refractivity contribution in [2.75, 3.05) is 38.3 Å². The zero-order chi connectivity index (χ0) is 25.0. The van der Waals surface area contributed by atoms with Crippen LogP contribution in [0.4, 0.5) is 5.69 Å². The summed E-state index contributed by atoms with van der Waals surface area (Å²) < 4.78 is 31.4. The number of carbonyl (C=O) groups excluding carboxylic acids is 2. The number of rotatable bonds is 7. The molecule has 2 aliphatic rings. The van der Waals surface area contributed by atoms with Gasteiger partial charge in [-0.2, -0.15) is 0 Å². The number of ether oxygens (including phenoxy) is 1. The molecule has 1 aromatic rings. The van der Waals surface area contributed by atoms with E-state index in [1.165, 1.54) is 11.4 Å². The van der Waals surface area contributed by atoms with Gasteiger partial charge in [-0.1, -0.05) is 26.2 Å². The van der Waals surface area contributed by atoms with E-state index in [0.717, 1.165) is 38.4 Å². The third-order valence-electron chi connectivity index (χ3n) is 6.91. The molecule has 3 rings (SSSR count). The van der Waals surface area contributed by atoms with Crippen LogP contribution in [0.2, 0.25) is 0 Å². The van der Waals surface area contributed by atoms with Gasteiger partial charge in [0.25, 0.3) is 5.91 Å². The molecular formula is C24H37N3O6S. The van der Waals surface area contributed by atoms with Crippen molar-refractivity contribution in [2.45, 2.75) is 58.1 Å². The normalized spacial score (nSPS) is 23.0. The molecule has 1 fully saturated rings. The maximum Gasteiger partial charge on any atom is 0.258 e. The van der Waals surface area contributed by atoms with Crippen LogP contribution < -0.4 is 10.1 Å². The summed E-state index contributed by atoms with van der Waals surface area (Å²) >= 11 is 0. The number of carbonyl (C=O) groups is 2. The standard InChI is InChI=1S/C24H37N3O6S/c1-16-13-27(17(2)15-28)24(30)20-12-19(25-23(29)18-8-6-5-7-9-18)10-11-21(20)33-22(16)14-26(3)34(4,31)32/h10-12,16-18,22,28H,5-9,13-15H2,1-4H3,(H,25,29)/t16-,17+,22+/m0/s1. The molecule has 0 aromatic heterocycles. The number of benzene rings is 1. The van der Waals surface area contributed by atoms with Crippen molar-refractivity contribution in [1.29, 1.82) is 0 Å². The first-order chi connectivity index (χ1) is 16.0. The van der Waals surface area contributed by atoms with Crippen LogP contribution in [-0.4, -0.2) is 79.7 Å². The minimum Gasteiger partial charge on any atom is -0.488 e. The summed E-state index contributed by atoms with van der Waals surface area (Å²) in [7, 11) is -1.92. The first-order valence-electron chi connectivity index (χ1n) is 12.0. The lowest BCUT2D eigenvalue weighted by Gasteiger charge is -2.38. The molecule has 1 aliphatic heterocycles. The van der Waals surface area contributed by atoms with Crippen molar-refractivity contribution in [3.05, 3.63) is 23.8 Å². The third-order valence-corrected chi connectivity index (χ3v) is 8.19. The van der Waals surface area contributed by atoms with Crippen LogP contribution >= 0.6 is 0 Å². The zero-order valence-corrected chi connectivity index (χ0v) is 21.3. The summed E-state index contributed by atoms with van der Waals surface area (Å²) in [5, 5.41) is 12.7. The van der Waals surface area contributed by atoms with E-state index in [0.29, 0.717) is 18.0 Å². The van der Waals surface area contributed by atoms with Gasteiger partial charge in [0.2, 0.25) is 15.9 Å². The number of hydrogen-bond acceptors (Lipinski definition) is 6. The largest absolute Gasteiger partial charge is 0.488 e. The summed E-state index contributed by atoms with van der Waals surface area (Å²) in [6, 6.07) is 4.53. The van der Waals surface area contributed by atoms with Crippen molar-refractivity contribution in [2.24, 2.45) is 11.8 Å². The number of nitrogens with one attached hydrogen (secondary N) is 1. The van der Waals surface area contributed by atoms with Gasteiger partial charge in [-0.3, -0.25) is 9.59 Å². The summed E-state index contributed by atoms with van der Waals surface area (Å²) in [4.78, 5) is 27.8. The van der Waals surface area contributed by atoms with Crippen molar-refractivity contribution < 1.29 is 27.9 Å². The van der Waals surface area contributed by atoms with Crippen LogP contribution in [-0.2, 0) is 14.8 Å². The highest BCUT2D eigenvalue weighted by molar-refractivity contribution is 7.88. The van der Waals surface area contributed by atoms with Crippen LogP contribution in [0.25, 0.3) is 0 Å². The second kappa shape index (κ2) is 11.0. The number of sulfonamides is 1. The molecule has 1 aliphatic carbocycles. The lowest BCUT2D eigenvalue weighted by molar-refractivity contribution is -0.120. The van der Waals surface area contributed by atoms with Crippen molar-refractivity contribution >= 4 is 27.5 Å². The molecule has 0 saturated heterocycles. The van der Waals surface area contributed by atoms with Gasteiger partial charge in [-0.05, 0) is 38.0 Å². The van der Waals surface area contributed by atoms with Gasteiger partial charge < -0.3 is 20.1 Å². The van der Waals surface area contributed by atoms with E-state index >= 15 is 0 Å². The van der Waals surface area contributed by atoms with Crippen molar-refractivity contribution in [3.63, 3.8) is 0 Å². The van der Waals surface area contributed by atoms with Gasteiger partial charge in [0.1, 0.15) is 11.9 Å². The van der Waals surface area contributed by atoms with Crippen LogP contribution in [0.5, 0.6) is 5.75 Å². The Morgan fingerprint density at radius 2 is 1.97 bits per heavy atom. The van der Waals surface area contributed by atoms with Crippen LogP contribution in [0.15, 0.2) is 18.2 Å². The van der Waals surface area contributed by atoms with E-state index in [1.54, 1.807) is 30.0 Å². The maximum absolute atomic E-state index is 13.5. The molecule has 10 heteroatoms. The van der Waals surface area contributed by atoms with E-state index in [9.17, 15) is 23.1 Å². The first-order valence-corrected chi connectivity index (χ1v) is 13.8. The number of anilines is 1. The lowest BCUT2D eigenvalue weighted by Crippen LogP contribution is -2.50. The number of amides is 2. The molecule has 1 heterocycles. The van der Waals surface area contributed by atoms with Gasteiger partial charge in [0, 0.05) is 31.1 Å². The predicted octanol–water partition coefficient (Wildman–Crippen LogP) is 2.32. The predicted molar refractivity (Wildman–Crippen MR) is 130 cm³/mol. The molecule has 0 spiro atoms. The summed E-state index contributed by atoms with van der Waals surface area (Å²) in [5.74, 6) is -0.228. The molecule has 3 atom stereocenters. The highest BCUT2D eigenvalue weighted by Crippen LogP contribution is 2.32. The number of hydrogen-bond donors (Lipinski definition) is 2.